The molecule has 0 aliphatic carbocycles. The maximum absolute atomic E-state index is 14.1. The molecular formula is C28H41N3O6. The summed E-state index contributed by atoms with van der Waals surface area (Å²) in [4.78, 5) is 43.0. The zero-order chi connectivity index (χ0) is 27.1. The highest BCUT2D eigenvalue weighted by atomic mass is 16.5. The highest BCUT2D eigenvalue weighted by Crippen LogP contribution is 2.59. The van der Waals surface area contributed by atoms with Gasteiger partial charge in [0.05, 0.1) is 37.2 Å². The van der Waals surface area contributed by atoms with E-state index in [1.54, 1.807) is 29.2 Å². The zero-order valence-electron chi connectivity index (χ0n) is 22.7. The van der Waals surface area contributed by atoms with Gasteiger partial charge in [0.25, 0.3) is 0 Å². The van der Waals surface area contributed by atoms with Crippen LogP contribution in [0.4, 0.5) is 5.69 Å². The Morgan fingerprint density at radius 3 is 2.46 bits per heavy atom. The van der Waals surface area contributed by atoms with E-state index in [0.717, 1.165) is 6.42 Å². The van der Waals surface area contributed by atoms with Crippen molar-refractivity contribution in [2.45, 2.75) is 90.1 Å². The maximum Gasteiger partial charge on any atom is 0.246 e. The Kier molecular flexibility index (Phi) is 7.59. The Bertz CT molecular complexity index is 1020. The van der Waals surface area contributed by atoms with Crippen molar-refractivity contribution < 1.29 is 29.0 Å². The second-order valence-corrected chi connectivity index (χ2v) is 11.6. The summed E-state index contributed by atoms with van der Waals surface area (Å²) in [7, 11) is 0. The number of rotatable bonds is 9. The van der Waals surface area contributed by atoms with Gasteiger partial charge in [-0.25, -0.2) is 0 Å². The molecule has 3 heterocycles. The second kappa shape index (κ2) is 10.3. The van der Waals surface area contributed by atoms with E-state index in [2.05, 4.69) is 10.6 Å². The topological polar surface area (TPSA) is 117 Å². The molecule has 1 spiro atoms. The van der Waals surface area contributed by atoms with Crippen molar-refractivity contribution in [1.82, 2.24) is 10.2 Å². The first-order valence-electron chi connectivity index (χ1n) is 13.4. The standard InChI is InChI=1S/C28H41N3O6/c1-7-16(3)19(15-32)31-23(25(34)30-27(4,5)6)28-14-13-20(37-28)21(22(28)26(31)35)24(33)29-17-9-11-18(12-10-17)36-8-2/h9-12,16,19-23,32H,7-8,13-15H2,1-6H3,(H,29,33)(H,30,34)/t16-,19-,20+,21-,22-,23?,28?/m0/s1. The molecule has 3 amide bonds. The normalized spacial score (nSPS) is 30.1. The molecule has 7 atom stereocenters. The fourth-order valence-corrected chi connectivity index (χ4v) is 6.33. The molecule has 9 heteroatoms. The third-order valence-corrected chi connectivity index (χ3v) is 8.07. The van der Waals surface area contributed by atoms with E-state index in [-0.39, 0.29) is 30.2 Å². The largest absolute Gasteiger partial charge is 0.494 e. The van der Waals surface area contributed by atoms with E-state index < -0.39 is 41.2 Å². The number of nitrogens with one attached hydrogen (secondary N) is 2. The third kappa shape index (κ3) is 4.83. The van der Waals surface area contributed by atoms with Crippen LogP contribution in [-0.4, -0.2) is 70.3 Å². The lowest BCUT2D eigenvalue weighted by molar-refractivity contribution is -0.147. The van der Waals surface area contributed by atoms with Gasteiger partial charge in [0, 0.05) is 11.2 Å². The molecule has 0 saturated carbocycles. The fourth-order valence-electron chi connectivity index (χ4n) is 6.33. The average molecular weight is 516 g/mol. The summed E-state index contributed by atoms with van der Waals surface area (Å²) < 4.78 is 12.0. The van der Waals surface area contributed by atoms with E-state index in [4.69, 9.17) is 9.47 Å². The van der Waals surface area contributed by atoms with Crippen LogP contribution < -0.4 is 15.4 Å². The van der Waals surface area contributed by atoms with Crippen LogP contribution in [0.5, 0.6) is 5.75 Å². The van der Waals surface area contributed by atoms with Crippen molar-refractivity contribution in [3.05, 3.63) is 24.3 Å². The Labute approximate surface area is 219 Å². The van der Waals surface area contributed by atoms with E-state index in [1.807, 2.05) is 41.5 Å². The predicted molar refractivity (Wildman–Crippen MR) is 139 cm³/mol. The Hall–Kier alpha value is -2.65. The molecule has 0 radical (unpaired) electrons. The first-order valence-corrected chi connectivity index (χ1v) is 13.4. The monoisotopic (exact) mass is 515 g/mol. The second-order valence-electron chi connectivity index (χ2n) is 11.6. The van der Waals surface area contributed by atoms with Crippen LogP contribution in [0.25, 0.3) is 0 Å². The summed E-state index contributed by atoms with van der Waals surface area (Å²) in [6.07, 6.45) is 1.38. The minimum Gasteiger partial charge on any atom is -0.494 e. The molecule has 3 aliphatic rings. The molecular weight excluding hydrogens is 474 g/mol. The molecule has 3 fully saturated rings. The molecule has 9 nitrogen and oxygen atoms in total. The van der Waals surface area contributed by atoms with Gasteiger partial charge in [-0.15, -0.1) is 0 Å². The molecule has 1 aromatic rings. The number of nitrogens with zero attached hydrogens (tertiary/aromatic N) is 1. The SMILES string of the molecule is CCOc1ccc(NC(=O)[C@@H]2[C@H]3C(=O)N([C@@H](CO)[C@@H](C)CC)C(C(=O)NC(C)(C)C)C34CC[C@H]2O4)cc1. The molecule has 0 aromatic heterocycles. The molecule has 37 heavy (non-hydrogen) atoms. The van der Waals surface area contributed by atoms with Gasteiger partial charge >= 0.3 is 0 Å². The smallest absolute Gasteiger partial charge is 0.246 e. The molecule has 3 saturated heterocycles. The van der Waals surface area contributed by atoms with Gasteiger partial charge in [0.1, 0.15) is 17.4 Å². The molecule has 2 unspecified atom stereocenters. The number of anilines is 1. The zero-order valence-corrected chi connectivity index (χ0v) is 22.7. The molecule has 3 N–H and O–H groups in total. The quantitative estimate of drug-likeness (QED) is 0.466. The lowest BCUT2D eigenvalue weighted by atomic mass is 9.70. The van der Waals surface area contributed by atoms with Gasteiger partial charge in [-0.2, -0.15) is 0 Å². The number of ether oxygens (including phenoxy) is 2. The van der Waals surface area contributed by atoms with Crippen LogP contribution in [0, 0.1) is 17.8 Å². The molecule has 204 valence electrons. The number of likely N-dealkylation sites (tertiary alicyclic amines) is 1. The van der Waals surface area contributed by atoms with Crippen molar-refractivity contribution in [3.63, 3.8) is 0 Å². The minimum atomic E-state index is -1.10. The predicted octanol–water partition coefficient (Wildman–Crippen LogP) is 2.72. The number of amides is 3. The number of hydrogen-bond acceptors (Lipinski definition) is 6. The molecule has 1 aromatic carbocycles. The Morgan fingerprint density at radius 1 is 1.22 bits per heavy atom. The number of carbonyl (C=O) groups excluding carboxylic acids is 3. The van der Waals surface area contributed by atoms with Crippen LogP contribution in [0.15, 0.2) is 24.3 Å². The fraction of sp³-hybridized carbons (Fsp3) is 0.679. The lowest BCUT2D eigenvalue weighted by Crippen LogP contribution is -2.61. The Balaban J connectivity index is 1.68. The van der Waals surface area contributed by atoms with Crippen molar-refractivity contribution in [2.24, 2.45) is 17.8 Å². The molecule has 3 aliphatic heterocycles. The van der Waals surface area contributed by atoms with E-state index in [0.29, 0.717) is 30.9 Å². The number of benzene rings is 1. The highest BCUT2D eigenvalue weighted by Gasteiger charge is 2.75. The lowest BCUT2D eigenvalue weighted by Gasteiger charge is -2.40. The van der Waals surface area contributed by atoms with Gasteiger partial charge in [0.2, 0.25) is 17.7 Å². The minimum absolute atomic E-state index is 0.0394. The van der Waals surface area contributed by atoms with E-state index >= 15 is 0 Å². The van der Waals surface area contributed by atoms with Gasteiger partial charge in [-0.3, -0.25) is 14.4 Å². The van der Waals surface area contributed by atoms with E-state index in [1.165, 1.54) is 0 Å². The number of hydrogen-bond donors (Lipinski definition) is 3. The van der Waals surface area contributed by atoms with Crippen molar-refractivity contribution >= 4 is 23.4 Å². The van der Waals surface area contributed by atoms with Crippen LogP contribution in [-0.2, 0) is 19.1 Å². The first kappa shape index (κ1) is 27.4. The summed E-state index contributed by atoms with van der Waals surface area (Å²) in [5.74, 6) is -1.74. The summed E-state index contributed by atoms with van der Waals surface area (Å²) in [5.41, 5.74) is -1.02. The summed E-state index contributed by atoms with van der Waals surface area (Å²) in [6, 6.07) is 5.63. The number of aliphatic hydroxyl groups is 1. The number of carbonyl (C=O) groups is 3. The maximum atomic E-state index is 14.1. The van der Waals surface area contributed by atoms with Gasteiger partial charge in [-0.1, -0.05) is 20.3 Å². The first-order chi connectivity index (χ1) is 17.5. The third-order valence-electron chi connectivity index (χ3n) is 8.07. The summed E-state index contributed by atoms with van der Waals surface area (Å²) in [5, 5.41) is 16.3. The van der Waals surface area contributed by atoms with Crippen molar-refractivity contribution in [3.8, 4) is 5.75 Å². The average Bonchev–Trinajstić information content (AvgIpc) is 3.47. The number of aliphatic hydroxyl groups excluding tert-OH is 1. The van der Waals surface area contributed by atoms with Gasteiger partial charge in [0.15, 0.2) is 0 Å². The summed E-state index contributed by atoms with van der Waals surface area (Å²) >= 11 is 0. The van der Waals surface area contributed by atoms with Crippen LogP contribution in [0.2, 0.25) is 0 Å². The van der Waals surface area contributed by atoms with E-state index in [9.17, 15) is 19.5 Å². The molecule has 4 rings (SSSR count). The van der Waals surface area contributed by atoms with Crippen LogP contribution in [0.3, 0.4) is 0 Å². The van der Waals surface area contributed by atoms with Crippen LogP contribution in [0.1, 0.15) is 60.8 Å². The van der Waals surface area contributed by atoms with Crippen LogP contribution >= 0.6 is 0 Å². The van der Waals surface area contributed by atoms with Crippen molar-refractivity contribution in [2.75, 3.05) is 18.5 Å². The Morgan fingerprint density at radius 2 is 1.89 bits per heavy atom. The highest BCUT2D eigenvalue weighted by molar-refractivity contribution is 6.02. The van der Waals surface area contributed by atoms with Gasteiger partial charge in [-0.05, 0) is 70.7 Å². The summed E-state index contributed by atoms with van der Waals surface area (Å²) in [6.45, 7) is 11.8. The molecule has 2 bridgehead atoms. The van der Waals surface area contributed by atoms with Crippen molar-refractivity contribution in [1.29, 1.82) is 0 Å². The number of fused-ring (bicyclic) bond motifs is 1. The van der Waals surface area contributed by atoms with Gasteiger partial charge < -0.3 is 30.1 Å².